The molecule has 0 amide bonds. The van der Waals surface area contributed by atoms with Crippen LogP contribution in [0.25, 0.3) is 22.2 Å². The van der Waals surface area contributed by atoms with Gasteiger partial charge in [0.05, 0.1) is 25.4 Å². The van der Waals surface area contributed by atoms with Crippen molar-refractivity contribution in [1.82, 2.24) is 4.57 Å². The zero-order chi connectivity index (χ0) is 18.1. The molecule has 3 rings (SSSR count). The van der Waals surface area contributed by atoms with Crippen LogP contribution < -0.4 is 9.47 Å². The summed E-state index contributed by atoms with van der Waals surface area (Å²) < 4.78 is 12.2. The maximum atomic E-state index is 11.7. The quantitative estimate of drug-likeness (QED) is 0.762. The Bertz CT molecular complexity index is 941. The number of ether oxygens (including phenoxy) is 2. The van der Waals surface area contributed by atoms with Crippen molar-refractivity contribution < 1.29 is 19.4 Å². The summed E-state index contributed by atoms with van der Waals surface area (Å²) in [6.45, 7) is 4.11. The standard InChI is InChI=1S/C20H20NO4/c1-12(2)19-15-10-14(23)6-7-16(15)21(11-22)20(19)13-5-8-17(24-3)18(9-13)25-4/h5-10,12,23H,1-4H3. The lowest BCUT2D eigenvalue weighted by atomic mass is 9.96. The van der Waals surface area contributed by atoms with E-state index in [0.717, 1.165) is 22.2 Å². The third-order valence-corrected chi connectivity index (χ3v) is 4.32. The normalized spacial score (nSPS) is 11.1. The van der Waals surface area contributed by atoms with Crippen LogP contribution in [0.4, 0.5) is 0 Å². The minimum atomic E-state index is 0.141. The van der Waals surface area contributed by atoms with Crippen molar-refractivity contribution in [3.63, 3.8) is 0 Å². The number of aromatic nitrogens is 1. The van der Waals surface area contributed by atoms with Gasteiger partial charge in [-0.25, -0.2) is 0 Å². The smallest absolute Gasteiger partial charge is 0.321 e. The Morgan fingerprint density at radius 3 is 2.36 bits per heavy atom. The van der Waals surface area contributed by atoms with Gasteiger partial charge in [-0.05, 0) is 47.9 Å². The van der Waals surface area contributed by atoms with Gasteiger partial charge in [-0.2, -0.15) is 0 Å². The largest absolute Gasteiger partial charge is 0.508 e. The Hall–Kier alpha value is -2.95. The molecule has 1 aromatic heterocycles. The van der Waals surface area contributed by atoms with Crippen molar-refractivity contribution in [2.24, 2.45) is 0 Å². The zero-order valence-electron chi connectivity index (χ0n) is 14.7. The van der Waals surface area contributed by atoms with Crippen LogP contribution in [0.1, 0.15) is 25.3 Å². The zero-order valence-corrected chi connectivity index (χ0v) is 14.7. The third-order valence-electron chi connectivity index (χ3n) is 4.32. The SMILES string of the molecule is COc1ccc(-c2c(C(C)C)c3cc(O)ccc3n2[C]=O)cc1OC. The number of nitrogens with zero attached hydrogens (tertiary/aromatic N) is 1. The lowest BCUT2D eigenvalue weighted by molar-refractivity contribution is 0.355. The highest BCUT2D eigenvalue weighted by Crippen LogP contribution is 2.41. The number of rotatable bonds is 5. The Labute approximate surface area is 146 Å². The average Bonchev–Trinajstić information content (AvgIpc) is 2.94. The molecule has 1 heterocycles. The van der Waals surface area contributed by atoms with Crippen LogP contribution >= 0.6 is 0 Å². The van der Waals surface area contributed by atoms with Crippen molar-refractivity contribution >= 4 is 17.3 Å². The molecular weight excluding hydrogens is 318 g/mol. The van der Waals surface area contributed by atoms with Gasteiger partial charge in [-0.1, -0.05) is 13.8 Å². The molecule has 0 atom stereocenters. The van der Waals surface area contributed by atoms with Crippen molar-refractivity contribution in [1.29, 1.82) is 0 Å². The molecule has 0 aliphatic rings. The molecule has 0 aliphatic carbocycles. The first kappa shape index (κ1) is 16.9. The lowest BCUT2D eigenvalue weighted by Crippen LogP contribution is -2.00. The first-order valence-electron chi connectivity index (χ1n) is 7.99. The number of carbonyl (C=O) groups excluding carboxylic acids is 1. The second-order valence-corrected chi connectivity index (χ2v) is 6.11. The van der Waals surface area contributed by atoms with Crippen LogP contribution in [0, 0.1) is 0 Å². The van der Waals surface area contributed by atoms with Gasteiger partial charge < -0.3 is 14.6 Å². The van der Waals surface area contributed by atoms with E-state index < -0.39 is 0 Å². The number of benzene rings is 2. The van der Waals surface area contributed by atoms with Gasteiger partial charge in [0, 0.05) is 10.9 Å². The molecular formula is C20H20NO4. The molecule has 0 bridgehead atoms. The summed E-state index contributed by atoms with van der Waals surface area (Å²) in [5.41, 5.74) is 3.25. The molecule has 1 N–H and O–H groups in total. The van der Waals surface area contributed by atoms with Gasteiger partial charge in [0.2, 0.25) is 0 Å². The van der Waals surface area contributed by atoms with E-state index >= 15 is 0 Å². The molecule has 3 aromatic rings. The van der Waals surface area contributed by atoms with Crippen molar-refractivity contribution in [3.05, 3.63) is 42.0 Å². The molecule has 129 valence electrons. The minimum Gasteiger partial charge on any atom is -0.508 e. The number of phenols is 1. The van der Waals surface area contributed by atoms with E-state index in [1.807, 2.05) is 24.6 Å². The maximum Gasteiger partial charge on any atom is 0.321 e. The number of hydrogen-bond acceptors (Lipinski definition) is 4. The molecule has 0 aliphatic heterocycles. The third kappa shape index (κ3) is 2.71. The highest BCUT2D eigenvalue weighted by atomic mass is 16.5. The van der Waals surface area contributed by atoms with Gasteiger partial charge in [0.15, 0.2) is 11.5 Å². The van der Waals surface area contributed by atoms with Gasteiger partial charge in [-0.3, -0.25) is 9.36 Å². The number of fused-ring (bicyclic) bond motifs is 1. The van der Waals surface area contributed by atoms with Crippen LogP contribution in [0.2, 0.25) is 0 Å². The molecule has 0 fully saturated rings. The summed E-state index contributed by atoms with van der Waals surface area (Å²) in [6, 6.07) is 10.5. The van der Waals surface area contributed by atoms with Crippen LogP contribution in [0.5, 0.6) is 17.2 Å². The Morgan fingerprint density at radius 1 is 1.04 bits per heavy atom. The van der Waals surface area contributed by atoms with Crippen LogP contribution in [0.3, 0.4) is 0 Å². The molecule has 1 radical (unpaired) electrons. The molecule has 0 saturated heterocycles. The summed E-state index contributed by atoms with van der Waals surface area (Å²) in [6.07, 6.45) is 2.01. The van der Waals surface area contributed by atoms with Crippen molar-refractivity contribution in [3.8, 4) is 28.5 Å². The molecule has 25 heavy (non-hydrogen) atoms. The Morgan fingerprint density at radius 2 is 1.76 bits per heavy atom. The lowest BCUT2D eigenvalue weighted by Gasteiger charge is -2.13. The van der Waals surface area contributed by atoms with Crippen LogP contribution in [-0.2, 0) is 4.79 Å². The predicted molar refractivity (Wildman–Crippen MR) is 97.3 cm³/mol. The van der Waals surface area contributed by atoms with E-state index in [4.69, 9.17) is 9.47 Å². The molecule has 0 saturated carbocycles. The van der Waals surface area contributed by atoms with Crippen LogP contribution in [0.15, 0.2) is 36.4 Å². The van der Waals surface area contributed by atoms with E-state index in [9.17, 15) is 9.90 Å². The molecule has 0 spiro atoms. The highest BCUT2D eigenvalue weighted by molar-refractivity contribution is 5.98. The number of aromatic hydroxyl groups is 1. The summed E-state index contributed by atoms with van der Waals surface area (Å²) >= 11 is 0. The topological polar surface area (TPSA) is 60.7 Å². The van der Waals surface area contributed by atoms with Crippen molar-refractivity contribution in [2.45, 2.75) is 19.8 Å². The Kier molecular flexibility index (Phi) is 4.40. The van der Waals surface area contributed by atoms with E-state index in [1.165, 1.54) is 4.57 Å². The van der Waals surface area contributed by atoms with Gasteiger partial charge in [-0.15, -0.1) is 0 Å². The second-order valence-electron chi connectivity index (χ2n) is 6.11. The van der Waals surface area contributed by atoms with Gasteiger partial charge in [0.1, 0.15) is 5.75 Å². The van der Waals surface area contributed by atoms with E-state index in [2.05, 4.69) is 13.8 Å². The molecule has 0 unspecified atom stereocenters. The fraction of sp³-hybridized carbons (Fsp3) is 0.250. The van der Waals surface area contributed by atoms with Crippen molar-refractivity contribution in [2.75, 3.05) is 14.2 Å². The highest BCUT2D eigenvalue weighted by Gasteiger charge is 2.22. The number of methoxy groups -OCH3 is 2. The van der Waals surface area contributed by atoms with E-state index in [-0.39, 0.29) is 11.7 Å². The van der Waals surface area contributed by atoms with E-state index in [1.54, 1.807) is 32.4 Å². The summed E-state index contributed by atoms with van der Waals surface area (Å²) in [7, 11) is 3.15. The minimum absolute atomic E-state index is 0.141. The molecule has 5 heteroatoms. The van der Waals surface area contributed by atoms with E-state index in [0.29, 0.717) is 17.0 Å². The average molecular weight is 338 g/mol. The Balaban J connectivity index is 2.39. The predicted octanol–water partition coefficient (Wildman–Crippen LogP) is 4.07. The molecule has 2 aromatic carbocycles. The maximum absolute atomic E-state index is 11.7. The first-order valence-corrected chi connectivity index (χ1v) is 7.99. The fourth-order valence-electron chi connectivity index (χ4n) is 3.25. The summed E-state index contributed by atoms with van der Waals surface area (Å²) in [5, 5.41) is 10.7. The first-order chi connectivity index (χ1) is 12.0. The fourth-order valence-corrected chi connectivity index (χ4v) is 3.25. The number of hydrogen-bond donors (Lipinski definition) is 1. The molecule has 5 nitrogen and oxygen atoms in total. The van der Waals surface area contributed by atoms with Gasteiger partial charge in [0.25, 0.3) is 0 Å². The number of phenolic OH excluding ortho intramolecular Hbond substituents is 1. The summed E-state index contributed by atoms with van der Waals surface area (Å²) in [5.74, 6) is 1.51. The monoisotopic (exact) mass is 338 g/mol. The van der Waals surface area contributed by atoms with Crippen LogP contribution in [-0.4, -0.2) is 30.3 Å². The second kappa shape index (κ2) is 6.51. The summed E-state index contributed by atoms with van der Waals surface area (Å²) in [4.78, 5) is 11.7. The van der Waals surface area contributed by atoms with Gasteiger partial charge >= 0.3 is 6.41 Å².